The molecule has 6 nitrogen and oxygen atoms in total. The third-order valence-corrected chi connectivity index (χ3v) is 2.00. The Morgan fingerprint density at radius 2 is 1.94 bits per heavy atom. The molecule has 1 atom stereocenters. The summed E-state index contributed by atoms with van der Waals surface area (Å²) in [6, 6.07) is 0. The Morgan fingerprint density at radius 3 is 2.33 bits per heavy atom. The molecule has 2 N–H and O–H groups in total. The van der Waals surface area contributed by atoms with Crippen LogP contribution in [0.1, 0.15) is 0 Å². The van der Waals surface area contributed by atoms with E-state index in [4.69, 9.17) is 11.6 Å². The molecule has 0 bridgehead atoms. The highest BCUT2D eigenvalue weighted by atomic mass is 35.5. The SMILES string of the molecule is COC(=O)C(O)(Nc1ncc(Cl)cn1)C(F)(F)F. The Bertz CT molecular complexity index is 439. The molecule has 0 fully saturated rings. The first kappa shape index (κ1) is 14.5. The van der Waals surface area contributed by atoms with Crippen molar-refractivity contribution in [2.24, 2.45) is 0 Å². The maximum atomic E-state index is 12.6. The molecule has 1 rings (SSSR count). The molecule has 0 saturated heterocycles. The van der Waals surface area contributed by atoms with Crippen molar-refractivity contribution >= 4 is 23.5 Å². The van der Waals surface area contributed by atoms with Gasteiger partial charge in [-0.15, -0.1) is 0 Å². The molecule has 100 valence electrons. The number of aliphatic hydroxyl groups is 1. The van der Waals surface area contributed by atoms with Crippen molar-refractivity contribution in [2.75, 3.05) is 12.4 Å². The van der Waals surface area contributed by atoms with Crippen molar-refractivity contribution in [1.82, 2.24) is 9.97 Å². The Balaban J connectivity index is 3.07. The van der Waals surface area contributed by atoms with E-state index in [1.54, 1.807) is 0 Å². The van der Waals surface area contributed by atoms with Gasteiger partial charge in [-0.2, -0.15) is 13.2 Å². The minimum Gasteiger partial charge on any atom is -0.465 e. The molecule has 1 unspecified atom stereocenters. The Hall–Kier alpha value is -1.61. The number of nitrogens with zero attached hydrogens (tertiary/aromatic N) is 2. The summed E-state index contributed by atoms with van der Waals surface area (Å²) in [5.74, 6) is -2.57. The van der Waals surface area contributed by atoms with Crippen LogP contribution in [0.5, 0.6) is 0 Å². The normalized spacial score (nSPS) is 14.8. The predicted octanol–water partition coefficient (Wildman–Crippen LogP) is 0.966. The maximum absolute atomic E-state index is 12.6. The number of anilines is 1. The van der Waals surface area contributed by atoms with Crippen molar-refractivity contribution in [2.45, 2.75) is 11.9 Å². The highest BCUT2D eigenvalue weighted by Crippen LogP contribution is 2.31. The highest BCUT2D eigenvalue weighted by Gasteiger charge is 2.62. The lowest BCUT2D eigenvalue weighted by atomic mass is 10.2. The fraction of sp³-hybridized carbons (Fsp3) is 0.375. The molecule has 0 aliphatic carbocycles. The second-order valence-corrected chi connectivity index (χ2v) is 3.49. The minimum atomic E-state index is -5.32. The van der Waals surface area contributed by atoms with Gasteiger partial charge in [-0.05, 0) is 0 Å². The van der Waals surface area contributed by atoms with Gasteiger partial charge in [-0.25, -0.2) is 14.8 Å². The zero-order chi connectivity index (χ0) is 14.0. The lowest BCUT2D eigenvalue weighted by molar-refractivity contribution is -0.251. The average molecular weight is 286 g/mol. The molecule has 18 heavy (non-hydrogen) atoms. The van der Waals surface area contributed by atoms with E-state index in [1.807, 2.05) is 0 Å². The van der Waals surface area contributed by atoms with Gasteiger partial charge < -0.3 is 15.2 Å². The van der Waals surface area contributed by atoms with E-state index >= 15 is 0 Å². The van der Waals surface area contributed by atoms with Gasteiger partial charge in [0.2, 0.25) is 5.95 Å². The summed E-state index contributed by atoms with van der Waals surface area (Å²) in [5.41, 5.74) is -3.93. The summed E-state index contributed by atoms with van der Waals surface area (Å²) < 4.78 is 41.7. The van der Waals surface area contributed by atoms with Gasteiger partial charge in [0.15, 0.2) is 0 Å². The van der Waals surface area contributed by atoms with Crippen molar-refractivity contribution in [1.29, 1.82) is 0 Å². The molecule has 0 aliphatic rings. The van der Waals surface area contributed by atoms with Gasteiger partial charge in [0.05, 0.1) is 24.5 Å². The second-order valence-electron chi connectivity index (χ2n) is 3.05. The molecule has 1 aromatic rings. The number of hydrogen-bond acceptors (Lipinski definition) is 6. The first-order valence-corrected chi connectivity index (χ1v) is 4.71. The fourth-order valence-electron chi connectivity index (χ4n) is 0.924. The van der Waals surface area contributed by atoms with Crippen LogP contribution in [0.3, 0.4) is 0 Å². The third kappa shape index (κ3) is 2.79. The Labute approximate surface area is 104 Å². The number of halogens is 4. The molecular formula is C8H7ClF3N3O3. The summed E-state index contributed by atoms with van der Waals surface area (Å²) in [6.07, 6.45) is -3.33. The number of hydrogen-bond donors (Lipinski definition) is 2. The Kier molecular flexibility index (Phi) is 3.97. The summed E-state index contributed by atoms with van der Waals surface area (Å²) in [5, 5.41) is 10.8. The molecular weight excluding hydrogens is 279 g/mol. The van der Waals surface area contributed by atoms with Crippen LogP contribution in [0.2, 0.25) is 5.02 Å². The number of alkyl halides is 3. The number of carbonyl (C=O) groups is 1. The van der Waals surface area contributed by atoms with E-state index in [2.05, 4.69) is 14.7 Å². The van der Waals surface area contributed by atoms with Crippen molar-refractivity contribution in [3.8, 4) is 0 Å². The zero-order valence-electron chi connectivity index (χ0n) is 8.82. The van der Waals surface area contributed by atoms with Crippen LogP contribution < -0.4 is 5.32 Å². The van der Waals surface area contributed by atoms with E-state index in [-0.39, 0.29) is 5.02 Å². The molecule has 0 aromatic carbocycles. The quantitative estimate of drug-likeness (QED) is 0.636. The van der Waals surface area contributed by atoms with Gasteiger partial charge >= 0.3 is 17.9 Å². The number of carbonyl (C=O) groups excluding carboxylic acids is 1. The average Bonchev–Trinajstić information content (AvgIpc) is 2.29. The Morgan fingerprint density at radius 1 is 1.44 bits per heavy atom. The molecule has 1 heterocycles. The van der Waals surface area contributed by atoms with Crippen LogP contribution in [0.15, 0.2) is 12.4 Å². The van der Waals surface area contributed by atoms with Crippen LogP contribution in [-0.4, -0.2) is 40.1 Å². The van der Waals surface area contributed by atoms with Crippen molar-refractivity contribution in [3.63, 3.8) is 0 Å². The van der Waals surface area contributed by atoms with E-state index in [0.29, 0.717) is 7.11 Å². The summed E-state index contributed by atoms with van der Waals surface area (Å²) >= 11 is 5.43. The molecule has 0 amide bonds. The lowest BCUT2D eigenvalue weighted by Gasteiger charge is -2.27. The maximum Gasteiger partial charge on any atom is 0.448 e. The summed E-state index contributed by atoms with van der Waals surface area (Å²) in [7, 11) is 0.698. The molecule has 0 spiro atoms. The summed E-state index contributed by atoms with van der Waals surface area (Å²) in [6.45, 7) is 0. The minimum absolute atomic E-state index is 0.0779. The molecule has 0 saturated carbocycles. The van der Waals surface area contributed by atoms with Gasteiger partial charge in [-0.3, -0.25) is 0 Å². The van der Waals surface area contributed by atoms with Crippen LogP contribution >= 0.6 is 11.6 Å². The van der Waals surface area contributed by atoms with E-state index in [0.717, 1.165) is 12.4 Å². The zero-order valence-corrected chi connectivity index (χ0v) is 9.58. The lowest BCUT2D eigenvalue weighted by Crippen LogP contribution is -2.58. The van der Waals surface area contributed by atoms with Gasteiger partial charge in [0, 0.05) is 0 Å². The first-order valence-electron chi connectivity index (χ1n) is 4.34. The van der Waals surface area contributed by atoms with E-state index in [9.17, 15) is 23.1 Å². The molecule has 1 aromatic heterocycles. The van der Waals surface area contributed by atoms with Gasteiger partial charge in [0.1, 0.15) is 0 Å². The number of esters is 1. The van der Waals surface area contributed by atoms with Crippen LogP contribution in [0, 0.1) is 0 Å². The largest absolute Gasteiger partial charge is 0.465 e. The van der Waals surface area contributed by atoms with Crippen molar-refractivity contribution in [3.05, 3.63) is 17.4 Å². The van der Waals surface area contributed by atoms with Crippen LogP contribution in [-0.2, 0) is 9.53 Å². The number of nitrogens with one attached hydrogen (secondary N) is 1. The number of rotatable bonds is 3. The standard InChI is InChI=1S/C8H7ClF3N3O3/c1-18-5(16)7(17,8(10,11)12)15-6-13-2-4(9)3-14-6/h2-3,17H,1H3,(H,13,14,15). The highest BCUT2D eigenvalue weighted by molar-refractivity contribution is 6.30. The first-order chi connectivity index (χ1) is 8.20. The van der Waals surface area contributed by atoms with Gasteiger partial charge in [-0.1, -0.05) is 11.6 Å². The molecule has 0 aliphatic heterocycles. The number of ether oxygens (including phenoxy) is 1. The monoisotopic (exact) mass is 285 g/mol. The third-order valence-electron chi connectivity index (χ3n) is 1.80. The second kappa shape index (κ2) is 4.94. The number of methoxy groups -OCH3 is 1. The fourth-order valence-corrected chi connectivity index (χ4v) is 1.02. The van der Waals surface area contributed by atoms with Crippen molar-refractivity contribution < 1.29 is 27.8 Å². The molecule has 0 radical (unpaired) electrons. The number of aromatic nitrogens is 2. The van der Waals surface area contributed by atoms with Gasteiger partial charge in [0.25, 0.3) is 0 Å². The smallest absolute Gasteiger partial charge is 0.448 e. The summed E-state index contributed by atoms with van der Waals surface area (Å²) in [4.78, 5) is 17.8. The van der Waals surface area contributed by atoms with E-state index < -0.39 is 23.8 Å². The molecule has 10 heteroatoms. The topological polar surface area (TPSA) is 84.3 Å². The predicted molar refractivity (Wildman–Crippen MR) is 53.7 cm³/mol. The van der Waals surface area contributed by atoms with Crippen LogP contribution in [0.4, 0.5) is 19.1 Å². The van der Waals surface area contributed by atoms with E-state index in [1.165, 1.54) is 5.32 Å². The van der Waals surface area contributed by atoms with Crippen LogP contribution in [0.25, 0.3) is 0 Å².